The van der Waals surface area contributed by atoms with E-state index in [2.05, 4.69) is 15.1 Å². The van der Waals surface area contributed by atoms with Crippen molar-refractivity contribution >= 4 is 19.6 Å². The molecule has 0 aliphatic carbocycles. The van der Waals surface area contributed by atoms with Crippen LogP contribution in [0.3, 0.4) is 0 Å². The van der Waals surface area contributed by atoms with Crippen molar-refractivity contribution in [3.05, 3.63) is 53.3 Å². The number of aryl methyl sites for hydroxylation is 1. The van der Waals surface area contributed by atoms with E-state index in [1.807, 2.05) is 6.07 Å². The summed E-state index contributed by atoms with van der Waals surface area (Å²) in [4.78, 5) is 23.5. The molecule has 4 rings (SSSR count). The van der Waals surface area contributed by atoms with Gasteiger partial charge in [0.2, 0.25) is 0 Å². The lowest BCUT2D eigenvalue weighted by Gasteiger charge is -2.31. The number of rotatable bonds is 2. The second kappa shape index (κ2) is 9.28. The summed E-state index contributed by atoms with van der Waals surface area (Å²) in [5.74, 6) is 0.272. The van der Waals surface area contributed by atoms with Gasteiger partial charge in [-0.3, -0.25) is 4.68 Å². The average Bonchev–Trinajstić information content (AvgIpc) is 3.17. The van der Waals surface area contributed by atoms with Crippen LogP contribution >= 0.6 is 13.5 Å². The number of halogens is 3. The highest BCUT2D eigenvalue weighted by atomic mass is 32.1. The van der Waals surface area contributed by atoms with E-state index in [1.165, 1.54) is 12.1 Å². The lowest BCUT2D eigenvalue weighted by Crippen LogP contribution is -2.40. The van der Waals surface area contributed by atoms with E-state index < -0.39 is 23.4 Å². The van der Waals surface area contributed by atoms with Crippen molar-refractivity contribution in [3.8, 4) is 22.8 Å². The van der Waals surface area contributed by atoms with E-state index >= 15 is 0 Å². The Morgan fingerprint density at radius 1 is 1.06 bits per heavy atom. The van der Waals surface area contributed by atoms with E-state index in [-0.39, 0.29) is 25.9 Å². The van der Waals surface area contributed by atoms with Crippen molar-refractivity contribution < 1.29 is 22.7 Å². The van der Waals surface area contributed by atoms with Crippen LogP contribution in [0, 0.1) is 0 Å². The fourth-order valence-electron chi connectivity index (χ4n) is 3.60. The number of ether oxygens (including phenoxy) is 1. The van der Waals surface area contributed by atoms with Crippen LogP contribution < -0.4 is 0 Å². The van der Waals surface area contributed by atoms with Gasteiger partial charge in [0.15, 0.2) is 5.82 Å². The number of alkyl halides is 3. The summed E-state index contributed by atoms with van der Waals surface area (Å²) in [6, 6.07) is 6.53. The van der Waals surface area contributed by atoms with Gasteiger partial charge in [0.05, 0.1) is 23.5 Å². The maximum Gasteiger partial charge on any atom is 0.416 e. The molecule has 1 aromatic carbocycles. The average molecular weight is 494 g/mol. The summed E-state index contributed by atoms with van der Waals surface area (Å²) >= 11 is 0. The quantitative estimate of drug-likeness (QED) is 0.504. The van der Waals surface area contributed by atoms with Crippen LogP contribution in [0.25, 0.3) is 22.8 Å². The minimum absolute atomic E-state index is 0. The molecule has 0 spiro atoms. The Labute approximate surface area is 202 Å². The predicted molar refractivity (Wildman–Crippen MR) is 125 cm³/mol. The Kier molecular flexibility index (Phi) is 6.97. The van der Waals surface area contributed by atoms with Crippen LogP contribution in [0.2, 0.25) is 0 Å². The number of amides is 1. The minimum Gasteiger partial charge on any atom is -0.444 e. The first-order valence-electron chi connectivity index (χ1n) is 10.5. The summed E-state index contributed by atoms with van der Waals surface area (Å²) in [5, 5.41) is 4.45. The fourth-order valence-corrected chi connectivity index (χ4v) is 3.60. The van der Waals surface area contributed by atoms with E-state index in [9.17, 15) is 18.0 Å². The van der Waals surface area contributed by atoms with E-state index in [0.29, 0.717) is 35.6 Å². The van der Waals surface area contributed by atoms with Crippen molar-refractivity contribution in [2.24, 2.45) is 7.05 Å². The monoisotopic (exact) mass is 493 g/mol. The molecule has 0 atom stereocenters. The van der Waals surface area contributed by atoms with Gasteiger partial charge in [-0.25, -0.2) is 14.8 Å². The zero-order valence-electron chi connectivity index (χ0n) is 19.3. The highest BCUT2D eigenvalue weighted by Crippen LogP contribution is 2.33. The molecule has 1 aliphatic heterocycles. The molecule has 11 heteroatoms. The van der Waals surface area contributed by atoms with Gasteiger partial charge in [0, 0.05) is 30.9 Å². The minimum atomic E-state index is -4.43. The van der Waals surface area contributed by atoms with Gasteiger partial charge in [-0.1, -0.05) is 12.1 Å². The van der Waals surface area contributed by atoms with E-state index in [1.54, 1.807) is 43.6 Å². The smallest absolute Gasteiger partial charge is 0.416 e. The van der Waals surface area contributed by atoms with Crippen LogP contribution in [0.1, 0.15) is 37.6 Å². The van der Waals surface area contributed by atoms with Crippen molar-refractivity contribution in [1.82, 2.24) is 24.6 Å². The van der Waals surface area contributed by atoms with E-state index in [4.69, 9.17) is 4.74 Å². The first-order valence-corrected chi connectivity index (χ1v) is 10.5. The van der Waals surface area contributed by atoms with Crippen LogP contribution in [-0.2, 0) is 30.9 Å². The molecular formula is C23H26F3N5O2S. The Hall–Kier alpha value is -3.08. The number of nitrogens with zero attached hydrogens (tertiary/aromatic N) is 5. The second-order valence-corrected chi connectivity index (χ2v) is 8.92. The van der Waals surface area contributed by atoms with Crippen molar-refractivity contribution in [2.45, 2.75) is 45.5 Å². The first-order chi connectivity index (χ1) is 15.4. The summed E-state index contributed by atoms with van der Waals surface area (Å²) in [7, 11) is 1.79. The van der Waals surface area contributed by atoms with Gasteiger partial charge in [-0.05, 0) is 45.4 Å². The lowest BCUT2D eigenvalue weighted by atomic mass is 10.0. The summed E-state index contributed by atoms with van der Waals surface area (Å²) in [6.45, 7) is 6.04. The molecule has 1 amide bonds. The number of hydrogen-bond donors (Lipinski definition) is 0. The highest BCUT2D eigenvalue weighted by molar-refractivity contribution is 7.59. The van der Waals surface area contributed by atoms with E-state index in [0.717, 1.165) is 17.7 Å². The Morgan fingerprint density at radius 3 is 2.29 bits per heavy atom. The van der Waals surface area contributed by atoms with Gasteiger partial charge >= 0.3 is 12.3 Å². The van der Waals surface area contributed by atoms with Gasteiger partial charge in [-0.2, -0.15) is 31.8 Å². The topological polar surface area (TPSA) is 73.1 Å². The molecule has 34 heavy (non-hydrogen) atoms. The highest BCUT2D eigenvalue weighted by Gasteiger charge is 2.31. The molecule has 2 aromatic heterocycles. The Morgan fingerprint density at radius 2 is 1.74 bits per heavy atom. The van der Waals surface area contributed by atoms with Crippen LogP contribution in [0.15, 0.2) is 36.5 Å². The second-order valence-electron chi connectivity index (χ2n) is 8.92. The number of benzene rings is 1. The molecule has 0 saturated carbocycles. The van der Waals surface area contributed by atoms with Crippen LogP contribution in [0.5, 0.6) is 0 Å². The third-order valence-electron chi connectivity index (χ3n) is 5.14. The standard InChI is InChI=1S/C23H24F3N5O2.H2S/c1-22(2,3)33-21(32)31-12-9-16-18(13-31)27-20(28-19(16)17-10-11-30(4)29-17)14-5-7-15(8-6-14)23(24,25)26;/h5-8,10-11H,9,12-13H2,1-4H3;1H2. The fraction of sp³-hybridized carbons (Fsp3) is 0.391. The predicted octanol–water partition coefficient (Wildman–Crippen LogP) is 4.97. The van der Waals surface area contributed by atoms with Crippen molar-refractivity contribution in [3.63, 3.8) is 0 Å². The molecule has 0 unspecified atom stereocenters. The maximum atomic E-state index is 13.0. The Bertz CT molecular complexity index is 1190. The molecule has 7 nitrogen and oxygen atoms in total. The normalized spacial score (nSPS) is 13.8. The number of carbonyl (C=O) groups excluding carboxylic acids is 1. The summed E-state index contributed by atoms with van der Waals surface area (Å²) < 4.78 is 46.1. The molecule has 0 saturated heterocycles. The summed E-state index contributed by atoms with van der Waals surface area (Å²) in [6.07, 6.45) is -2.57. The Balaban J connectivity index is 0.00000324. The lowest BCUT2D eigenvalue weighted by molar-refractivity contribution is -0.137. The molecule has 0 N–H and O–H groups in total. The van der Waals surface area contributed by atoms with Gasteiger partial charge < -0.3 is 9.64 Å². The van der Waals surface area contributed by atoms with Gasteiger partial charge in [0.1, 0.15) is 11.3 Å². The van der Waals surface area contributed by atoms with Crippen LogP contribution in [-0.4, -0.2) is 42.9 Å². The molecule has 0 radical (unpaired) electrons. The maximum absolute atomic E-state index is 13.0. The third-order valence-corrected chi connectivity index (χ3v) is 5.14. The molecular weight excluding hydrogens is 467 g/mol. The van der Waals surface area contributed by atoms with Crippen molar-refractivity contribution in [1.29, 1.82) is 0 Å². The molecule has 3 aromatic rings. The molecule has 0 fully saturated rings. The third kappa shape index (κ3) is 5.52. The van der Waals surface area contributed by atoms with Crippen molar-refractivity contribution in [2.75, 3.05) is 6.54 Å². The SMILES string of the molecule is Cn1ccc(-c2nc(-c3ccc(C(F)(F)F)cc3)nc3c2CCN(C(=O)OC(C)(C)C)C3)n1.S. The molecule has 1 aliphatic rings. The zero-order chi connectivity index (χ0) is 24.0. The molecule has 182 valence electrons. The van der Waals surface area contributed by atoms with Crippen LogP contribution in [0.4, 0.5) is 18.0 Å². The largest absolute Gasteiger partial charge is 0.444 e. The summed E-state index contributed by atoms with van der Waals surface area (Å²) in [5.41, 5.74) is 1.80. The molecule has 0 bridgehead atoms. The van der Waals surface area contributed by atoms with Gasteiger partial charge in [-0.15, -0.1) is 0 Å². The first kappa shape index (κ1) is 25.5. The zero-order valence-corrected chi connectivity index (χ0v) is 20.3. The number of fused-ring (bicyclic) bond motifs is 1. The number of hydrogen-bond acceptors (Lipinski definition) is 5. The number of carbonyl (C=O) groups is 1. The number of aromatic nitrogens is 4. The van der Waals surface area contributed by atoms with Gasteiger partial charge in [0.25, 0.3) is 0 Å². The molecule has 3 heterocycles.